The monoisotopic (exact) mass is 462 g/mol. The molecule has 0 saturated carbocycles. The molecule has 0 aliphatic heterocycles. The summed E-state index contributed by atoms with van der Waals surface area (Å²) < 4.78 is 5.54. The average molecular weight is 462 g/mol. The van der Waals surface area contributed by atoms with Crippen LogP contribution in [-0.4, -0.2) is 16.1 Å². The van der Waals surface area contributed by atoms with Crippen molar-refractivity contribution in [3.05, 3.63) is 71.6 Å². The summed E-state index contributed by atoms with van der Waals surface area (Å²) in [6, 6.07) is 11.2. The Morgan fingerprint density at radius 2 is 1.95 bits per heavy atom. The summed E-state index contributed by atoms with van der Waals surface area (Å²) in [4.78, 5) is 14.8. The fraction of sp³-hybridized carbons (Fsp3) is 0.125. The van der Waals surface area contributed by atoms with Gasteiger partial charge in [0.05, 0.1) is 13.2 Å². The third-order valence-electron chi connectivity index (χ3n) is 2.84. The van der Waals surface area contributed by atoms with Gasteiger partial charge in [-0.1, -0.05) is 43.0 Å². The molecule has 1 aromatic heterocycles. The maximum Gasteiger partial charge on any atom is 0.354 e. The molecule has 0 fully saturated rings. The molecule has 4 nitrogen and oxygen atoms in total. The zero-order valence-corrected chi connectivity index (χ0v) is 13.7. The van der Waals surface area contributed by atoms with E-state index >= 15 is 0 Å². The normalized spacial score (nSPS) is 9.71. The van der Waals surface area contributed by atoms with Crippen LogP contribution < -0.4 is 0 Å². The molecule has 0 atom stereocenters. The Bertz CT molecular complexity index is 611. The van der Waals surface area contributed by atoms with Crippen LogP contribution in [0.25, 0.3) is 6.08 Å². The molecule has 0 saturated heterocycles. The van der Waals surface area contributed by atoms with Gasteiger partial charge in [-0.3, -0.25) is 0 Å². The van der Waals surface area contributed by atoms with Crippen molar-refractivity contribution >= 4 is 12.0 Å². The minimum atomic E-state index is -1.04. The van der Waals surface area contributed by atoms with Gasteiger partial charge in [0.2, 0.25) is 0 Å². The Morgan fingerprint density at radius 1 is 1.24 bits per heavy atom. The summed E-state index contributed by atoms with van der Waals surface area (Å²) in [6.07, 6.45) is 3.24. The fourth-order valence-electron chi connectivity index (χ4n) is 1.78. The van der Waals surface area contributed by atoms with Crippen LogP contribution >= 0.6 is 0 Å². The minimum absolute atomic E-state index is 0. The number of carbonyl (C=O) groups is 1. The molecule has 1 heterocycles. The number of hydrogen-bond acceptors (Lipinski definition) is 3. The van der Waals surface area contributed by atoms with Crippen molar-refractivity contribution in [2.45, 2.75) is 13.2 Å². The van der Waals surface area contributed by atoms with Crippen LogP contribution in [0.4, 0.5) is 0 Å². The van der Waals surface area contributed by atoms with Crippen LogP contribution in [0.15, 0.2) is 49.2 Å². The Hall–Kier alpha value is -1.81. The summed E-state index contributed by atoms with van der Waals surface area (Å²) in [7, 11) is 0. The SMILES string of the molecule is C=Cc1ccc(COCc2cccnc2C(=O)O)cc1.[Ir]. The van der Waals surface area contributed by atoms with E-state index in [-0.39, 0.29) is 32.4 Å². The zero-order chi connectivity index (χ0) is 14.4. The Kier molecular flexibility index (Phi) is 6.95. The number of nitrogens with zero attached hydrogens (tertiary/aromatic N) is 1. The van der Waals surface area contributed by atoms with Crippen molar-refractivity contribution < 1.29 is 34.7 Å². The van der Waals surface area contributed by atoms with Crippen LogP contribution in [0.1, 0.15) is 27.2 Å². The van der Waals surface area contributed by atoms with Crippen LogP contribution in [0, 0.1) is 0 Å². The number of carboxylic acids is 1. The van der Waals surface area contributed by atoms with Crippen molar-refractivity contribution in [1.29, 1.82) is 0 Å². The van der Waals surface area contributed by atoms with Crippen LogP contribution in [0.2, 0.25) is 0 Å². The Labute approximate surface area is 136 Å². The second-order valence-corrected chi connectivity index (χ2v) is 4.25. The molecule has 2 rings (SSSR count). The summed E-state index contributed by atoms with van der Waals surface area (Å²) in [5.74, 6) is -1.04. The number of benzene rings is 1. The van der Waals surface area contributed by atoms with E-state index < -0.39 is 5.97 Å². The summed E-state index contributed by atoms with van der Waals surface area (Å²) in [6.45, 7) is 4.34. The standard InChI is InChI=1S/C16H15NO3.Ir/c1-2-12-5-7-13(8-6-12)10-20-11-14-4-3-9-17-15(14)16(18)19;/h2-9H,1,10-11H2,(H,18,19);. The first-order chi connectivity index (χ1) is 9.70. The number of pyridine rings is 1. The van der Waals surface area contributed by atoms with Crippen LogP contribution in [0.5, 0.6) is 0 Å². The number of hydrogen-bond donors (Lipinski definition) is 1. The third-order valence-corrected chi connectivity index (χ3v) is 2.84. The number of aromatic carboxylic acids is 1. The van der Waals surface area contributed by atoms with Crippen molar-refractivity contribution in [3.63, 3.8) is 0 Å². The molecule has 1 N–H and O–H groups in total. The molecule has 0 amide bonds. The topological polar surface area (TPSA) is 59.4 Å². The van der Waals surface area contributed by atoms with E-state index in [4.69, 9.17) is 9.84 Å². The van der Waals surface area contributed by atoms with Gasteiger partial charge >= 0.3 is 5.97 Å². The second kappa shape index (κ2) is 8.47. The third kappa shape index (κ3) is 4.90. The predicted molar refractivity (Wildman–Crippen MR) is 76.2 cm³/mol. The molecular weight excluding hydrogens is 446 g/mol. The molecule has 0 unspecified atom stereocenters. The van der Waals surface area contributed by atoms with E-state index in [1.807, 2.05) is 24.3 Å². The Balaban J connectivity index is 0.00000220. The van der Waals surface area contributed by atoms with Crippen LogP contribution in [0.3, 0.4) is 0 Å². The maximum atomic E-state index is 11.0. The summed E-state index contributed by atoms with van der Waals surface area (Å²) in [5, 5.41) is 9.01. The molecule has 0 aliphatic rings. The molecule has 1 radical (unpaired) electrons. The van der Waals surface area contributed by atoms with E-state index in [9.17, 15) is 4.79 Å². The van der Waals surface area contributed by atoms with Crippen molar-refractivity contribution in [3.8, 4) is 0 Å². The van der Waals surface area contributed by atoms with E-state index in [1.165, 1.54) is 6.20 Å². The van der Waals surface area contributed by atoms with Crippen molar-refractivity contribution in [2.75, 3.05) is 0 Å². The van der Waals surface area contributed by atoms with Gasteiger partial charge in [-0.2, -0.15) is 0 Å². The van der Waals surface area contributed by atoms with E-state index in [0.717, 1.165) is 11.1 Å². The van der Waals surface area contributed by atoms with Gasteiger partial charge in [0, 0.05) is 31.9 Å². The molecule has 0 aliphatic carbocycles. The number of rotatable bonds is 6. The second-order valence-electron chi connectivity index (χ2n) is 4.25. The first-order valence-corrected chi connectivity index (χ1v) is 6.17. The smallest absolute Gasteiger partial charge is 0.354 e. The molecular formula is C16H15IrNO3. The van der Waals surface area contributed by atoms with Gasteiger partial charge in [0.25, 0.3) is 0 Å². The fourth-order valence-corrected chi connectivity index (χ4v) is 1.78. The van der Waals surface area contributed by atoms with Crippen molar-refractivity contribution in [1.82, 2.24) is 4.98 Å². The average Bonchev–Trinajstić information content (AvgIpc) is 2.48. The first-order valence-electron chi connectivity index (χ1n) is 6.17. The largest absolute Gasteiger partial charge is 0.477 e. The molecule has 0 bridgehead atoms. The van der Waals surface area contributed by atoms with Gasteiger partial charge in [-0.15, -0.1) is 0 Å². The molecule has 1 aromatic carbocycles. The van der Waals surface area contributed by atoms with Gasteiger partial charge in [0.15, 0.2) is 5.69 Å². The van der Waals surface area contributed by atoms with Gasteiger partial charge in [-0.05, 0) is 17.2 Å². The quantitative estimate of drug-likeness (QED) is 0.718. The van der Waals surface area contributed by atoms with E-state index in [0.29, 0.717) is 12.2 Å². The molecule has 2 aromatic rings. The predicted octanol–water partition coefficient (Wildman–Crippen LogP) is 3.14. The van der Waals surface area contributed by atoms with Gasteiger partial charge in [0.1, 0.15) is 0 Å². The number of carboxylic acid groups (broad SMARTS) is 1. The summed E-state index contributed by atoms with van der Waals surface area (Å²) in [5.41, 5.74) is 2.68. The van der Waals surface area contributed by atoms with Gasteiger partial charge < -0.3 is 9.84 Å². The molecule has 5 heteroatoms. The molecule has 0 spiro atoms. The van der Waals surface area contributed by atoms with E-state index in [2.05, 4.69) is 11.6 Å². The first kappa shape index (κ1) is 17.2. The van der Waals surface area contributed by atoms with Crippen LogP contribution in [-0.2, 0) is 38.1 Å². The van der Waals surface area contributed by atoms with E-state index in [1.54, 1.807) is 18.2 Å². The minimum Gasteiger partial charge on any atom is -0.477 e. The number of ether oxygens (including phenoxy) is 1. The maximum absolute atomic E-state index is 11.0. The zero-order valence-electron chi connectivity index (χ0n) is 11.3. The molecule has 21 heavy (non-hydrogen) atoms. The van der Waals surface area contributed by atoms with Crippen molar-refractivity contribution in [2.24, 2.45) is 0 Å². The Morgan fingerprint density at radius 3 is 2.57 bits per heavy atom. The molecule has 111 valence electrons. The number of aromatic nitrogens is 1. The van der Waals surface area contributed by atoms with Gasteiger partial charge in [-0.25, -0.2) is 9.78 Å². The summed E-state index contributed by atoms with van der Waals surface area (Å²) >= 11 is 0.